The van der Waals surface area contributed by atoms with Gasteiger partial charge in [0.05, 0.1) is 11.4 Å². The number of carbonyl (C=O) groups is 1. The maximum Gasteiger partial charge on any atom is 0.223 e. The molecule has 6 rings (SSSR count). The van der Waals surface area contributed by atoms with Crippen molar-refractivity contribution in [3.63, 3.8) is 0 Å². The van der Waals surface area contributed by atoms with Crippen LogP contribution >= 0.6 is 0 Å². The lowest BCUT2D eigenvalue weighted by molar-refractivity contribution is -0.125. The lowest BCUT2D eigenvalue weighted by Gasteiger charge is -2.32. The Balaban J connectivity index is 1.13. The molecule has 1 saturated heterocycles. The third-order valence-electron chi connectivity index (χ3n) is 6.55. The molecule has 0 bridgehead atoms. The number of benzene rings is 1. The average molecular weight is 480 g/mol. The van der Waals surface area contributed by atoms with Crippen LogP contribution in [0.1, 0.15) is 18.4 Å². The number of rotatable bonds is 6. The minimum atomic E-state index is -0.0339. The molecule has 1 aliphatic heterocycles. The number of piperidine rings is 1. The summed E-state index contributed by atoms with van der Waals surface area (Å²) < 4.78 is 3.53. The number of nitrogens with zero attached hydrogens (tertiary/aromatic N) is 8. The summed E-state index contributed by atoms with van der Waals surface area (Å²) in [5, 5.41) is 20.4. The van der Waals surface area contributed by atoms with E-state index in [2.05, 4.69) is 30.5 Å². The molecule has 180 valence electrons. The number of aromatic nitrogens is 7. The number of pyridine rings is 1. The molecular weight excluding hydrogens is 454 g/mol. The fourth-order valence-electron chi connectivity index (χ4n) is 4.59. The molecule has 10 heteroatoms. The Morgan fingerprint density at radius 2 is 1.78 bits per heavy atom. The van der Waals surface area contributed by atoms with Crippen LogP contribution in [0.15, 0.2) is 79.5 Å². The summed E-state index contributed by atoms with van der Waals surface area (Å²) in [6.45, 7) is 1.95. The molecule has 0 atom stereocenters. The van der Waals surface area contributed by atoms with Gasteiger partial charge in [0, 0.05) is 55.3 Å². The lowest BCUT2D eigenvalue weighted by atomic mass is 9.95. The standard InChI is InChI=1S/C26H25N9O/c36-26(20-10-14-33(15-11-20)24-7-6-23-30-29-18-35(23)31-24)28-16-21-17-34(22-4-2-1-3-5-22)32-25(21)19-8-12-27-13-9-19/h1-9,12-13,17-18,20H,10-11,14-16H2,(H,28,36). The first-order valence-corrected chi connectivity index (χ1v) is 12.0. The van der Waals surface area contributed by atoms with Crippen LogP contribution in [0.3, 0.4) is 0 Å². The highest BCUT2D eigenvalue weighted by Gasteiger charge is 2.26. The normalized spacial score (nSPS) is 14.3. The van der Waals surface area contributed by atoms with Crippen molar-refractivity contribution < 1.29 is 4.79 Å². The van der Waals surface area contributed by atoms with Crippen molar-refractivity contribution in [3.05, 3.63) is 85.1 Å². The highest BCUT2D eigenvalue weighted by atomic mass is 16.1. The maximum atomic E-state index is 13.1. The molecule has 1 fully saturated rings. The van der Waals surface area contributed by atoms with Crippen molar-refractivity contribution in [2.24, 2.45) is 5.92 Å². The van der Waals surface area contributed by atoms with E-state index in [-0.39, 0.29) is 11.8 Å². The molecule has 0 radical (unpaired) electrons. The number of fused-ring (bicyclic) bond motifs is 1. The Morgan fingerprint density at radius 3 is 2.58 bits per heavy atom. The Hall–Kier alpha value is -4.60. The molecule has 10 nitrogen and oxygen atoms in total. The van der Waals surface area contributed by atoms with Gasteiger partial charge >= 0.3 is 0 Å². The van der Waals surface area contributed by atoms with E-state index in [4.69, 9.17) is 5.10 Å². The molecule has 1 N–H and O–H groups in total. The van der Waals surface area contributed by atoms with Gasteiger partial charge in [-0.15, -0.1) is 15.3 Å². The number of nitrogens with one attached hydrogen (secondary N) is 1. The second-order valence-corrected chi connectivity index (χ2v) is 8.82. The quantitative estimate of drug-likeness (QED) is 0.399. The van der Waals surface area contributed by atoms with E-state index in [1.54, 1.807) is 23.2 Å². The topological polar surface area (TPSA) is 106 Å². The zero-order chi connectivity index (χ0) is 24.3. The van der Waals surface area contributed by atoms with Crippen molar-refractivity contribution >= 4 is 17.4 Å². The third kappa shape index (κ3) is 4.40. The van der Waals surface area contributed by atoms with E-state index in [1.807, 2.05) is 65.5 Å². The van der Waals surface area contributed by atoms with E-state index in [0.29, 0.717) is 6.54 Å². The zero-order valence-corrected chi connectivity index (χ0v) is 19.6. The van der Waals surface area contributed by atoms with Crippen LogP contribution in [-0.2, 0) is 11.3 Å². The van der Waals surface area contributed by atoms with Crippen LogP contribution in [0, 0.1) is 5.92 Å². The summed E-state index contributed by atoms with van der Waals surface area (Å²) in [5.74, 6) is 0.912. The molecule has 0 aliphatic carbocycles. The van der Waals surface area contributed by atoms with Crippen LogP contribution < -0.4 is 10.2 Å². The monoisotopic (exact) mass is 479 g/mol. The van der Waals surface area contributed by atoms with E-state index in [9.17, 15) is 4.79 Å². The summed E-state index contributed by atoms with van der Waals surface area (Å²) in [6.07, 6.45) is 8.63. The van der Waals surface area contributed by atoms with Crippen LogP contribution in [0.2, 0.25) is 0 Å². The van der Waals surface area contributed by atoms with Crippen molar-refractivity contribution in [2.45, 2.75) is 19.4 Å². The number of anilines is 1. The van der Waals surface area contributed by atoms with Gasteiger partial charge in [-0.05, 0) is 49.2 Å². The first-order chi connectivity index (χ1) is 17.7. The van der Waals surface area contributed by atoms with Gasteiger partial charge in [-0.2, -0.15) is 9.61 Å². The fraction of sp³-hybridized carbons (Fsp3) is 0.231. The second kappa shape index (κ2) is 9.57. The number of hydrogen-bond donors (Lipinski definition) is 1. The summed E-state index contributed by atoms with van der Waals surface area (Å²) in [5.41, 5.74) is 4.45. The van der Waals surface area contributed by atoms with Crippen LogP contribution in [-0.4, -0.2) is 53.6 Å². The van der Waals surface area contributed by atoms with Gasteiger partial charge in [0.15, 0.2) is 5.65 Å². The van der Waals surface area contributed by atoms with Crippen LogP contribution in [0.5, 0.6) is 0 Å². The summed E-state index contributed by atoms with van der Waals surface area (Å²) >= 11 is 0. The Morgan fingerprint density at radius 1 is 0.972 bits per heavy atom. The number of para-hydroxylation sites is 1. The van der Waals surface area contributed by atoms with Crippen molar-refractivity contribution in [2.75, 3.05) is 18.0 Å². The van der Waals surface area contributed by atoms with Gasteiger partial charge in [-0.3, -0.25) is 9.78 Å². The molecule has 0 spiro atoms. The van der Waals surface area contributed by atoms with Crippen LogP contribution in [0.25, 0.3) is 22.6 Å². The van der Waals surface area contributed by atoms with E-state index in [1.165, 1.54) is 0 Å². The molecule has 36 heavy (non-hydrogen) atoms. The zero-order valence-electron chi connectivity index (χ0n) is 19.6. The SMILES string of the molecule is O=C(NCc1cn(-c2ccccc2)nc1-c1ccncc1)C1CCN(c2ccc3nncn3n2)CC1. The minimum Gasteiger partial charge on any atom is -0.355 e. The first kappa shape index (κ1) is 21.9. The summed E-state index contributed by atoms with van der Waals surface area (Å²) in [7, 11) is 0. The Bertz CT molecular complexity index is 1470. The molecular formula is C26H25N9O. The van der Waals surface area contributed by atoms with Gasteiger partial charge in [-0.1, -0.05) is 18.2 Å². The van der Waals surface area contributed by atoms with E-state index >= 15 is 0 Å². The van der Waals surface area contributed by atoms with Gasteiger partial charge in [-0.25, -0.2) is 4.68 Å². The number of hydrogen-bond acceptors (Lipinski definition) is 7. The molecule has 0 unspecified atom stereocenters. The summed E-state index contributed by atoms with van der Waals surface area (Å²) in [6, 6.07) is 17.7. The Kier molecular flexibility index (Phi) is 5.82. The first-order valence-electron chi connectivity index (χ1n) is 12.0. The second-order valence-electron chi connectivity index (χ2n) is 8.82. The smallest absolute Gasteiger partial charge is 0.223 e. The van der Waals surface area contributed by atoms with E-state index in [0.717, 1.165) is 59.9 Å². The molecule has 0 saturated carbocycles. The molecule has 1 aliphatic rings. The molecule has 5 aromatic rings. The fourth-order valence-corrected chi connectivity index (χ4v) is 4.59. The van der Waals surface area contributed by atoms with Gasteiger partial charge in [0.1, 0.15) is 12.1 Å². The highest BCUT2D eigenvalue weighted by Crippen LogP contribution is 2.25. The molecule has 4 aromatic heterocycles. The third-order valence-corrected chi connectivity index (χ3v) is 6.55. The van der Waals surface area contributed by atoms with Gasteiger partial charge in [0.2, 0.25) is 5.91 Å². The number of amides is 1. The van der Waals surface area contributed by atoms with Crippen LogP contribution in [0.4, 0.5) is 5.82 Å². The minimum absolute atomic E-state index is 0.0339. The van der Waals surface area contributed by atoms with Crippen molar-refractivity contribution in [1.82, 2.24) is 39.9 Å². The average Bonchev–Trinajstić information content (AvgIpc) is 3.60. The molecule has 1 amide bonds. The highest BCUT2D eigenvalue weighted by molar-refractivity contribution is 5.79. The Labute approximate surface area is 207 Å². The van der Waals surface area contributed by atoms with E-state index < -0.39 is 0 Å². The van der Waals surface area contributed by atoms with Gasteiger partial charge < -0.3 is 10.2 Å². The maximum absolute atomic E-state index is 13.1. The summed E-state index contributed by atoms with van der Waals surface area (Å²) in [4.78, 5) is 19.4. The molecule has 1 aromatic carbocycles. The van der Waals surface area contributed by atoms with Gasteiger partial charge in [0.25, 0.3) is 0 Å². The predicted octanol–water partition coefficient (Wildman–Crippen LogP) is 2.90. The number of carbonyl (C=O) groups excluding carboxylic acids is 1. The largest absolute Gasteiger partial charge is 0.355 e. The predicted molar refractivity (Wildman–Crippen MR) is 134 cm³/mol. The van der Waals surface area contributed by atoms with Crippen molar-refractivity contribution in [3.8, 4) is 16.9 Å². The lowest BCUT2D eigenvalue weighted by Crippen LogP contribution is -2.40. The molecule has 5 heterocycles. The van der Waals surface area contributed by atoms with Crippen molar-refractivity contribution in [1.29, 1.82) is 0 Å².